The van der Waals surface area contributed by atoms with Crippen LogP contribution in [0.15, 0.2) is 102 Å². The Balaban J connectivity index is 1.18. The molecule has 1 aliphatic carbocycles. The average Bonchev–Trinajstić information content (AvgIpc) is 3.46. The van der Waals surface area contributed by atoms with Gasteiger partial charge in [-0.25, -0.2) is 4.39 Å². The molecule has 4 nitrogen and oxygen atoms in total. The van der Waals surface area contributed by atoms with E-state index in [0.717, 1.165) is 26.8 Å². The molecule has 0 amide bonds. The van der Waals surface area contributed by atoms with E-state index in [9.17, 15) is 4.39 Å². The van der Waals surface area contributed by atoms with Gasteiger partial charge in [-0.2, -0.15) is 0 Å². The summed E-state index contributed by atoms with van der Waals surface area (Å²) in [6, 6.07) is 27.8. The number of nitrogens with zero attached hydrogens (tertiary/aromatic N) is 1. The summed E-state index contributed by atoms with van der Waals surface area (Å²) in [5.41, 5.74) is 6.47. The van der Waals surface area contributed by atoms with Crippen molar-refractivity contribution in [2.45, 2.75) is 31.9 Å². The number of halogens is 2. The molecule has 40 heavy (non-hydrogen) atoms. The number of hydrogen-bond acceptors (Lipinski definition) is 4. The highest BCUT2D eigenvalue weighted by Crippen LogP contribution is 2.49. The smallest absolute Gasteiger partial charge is 0.175 e. The molecule has 0 spiro atoms. The van der Waals surface area contributed by atoms with Gasteiger partial charge in [-0.3, -0.25) is 4.99 Å². The lowest BCUT2D eigenvalue weighted by atomic mass is 9.77. The molecule has 0 aromatic heterocycles. The molecule has 0 bridgehead atoms. The summed E-state index contributed by atoms with van der Waals surface area (Å²) in [5.74, 6) is 1.99. The van der Waals surface area contributed by atoms with Gasteiger partial charge in [0.1, 0.15) is 12.4 Å². The molecule has 3 atom stereocenters. The molecule has 4 aromatic rings. The number of aliphatic imine (C=N–C) groups is 1. The van der Waals surface area contributed by atoms with Gasteiger partial charge in [0.15, 0.2) is 11.5 Å². The Kier molecular flexibility index (Phi) is 7.86. The van der Waals surface area contributed by atoms with Gasteiger partial charge in [0.2, 0.25) is 0 Å². The minimum absolute atomic E-state index is 0.257. The third kappa shape index (κ3) is 5.63. The van der Waals surface area contributed by atoms with Crippen molar-refractivity contribution in [3.8, 4) is 11.5 Å². The summed E-state index contributed by atoms with van der Waals surface area (Å²) in [4.78, 5) is 4.74. The molecule has 0 saturated carbocycles. The number of fused-ring (bicyclic) bond motifs is 3. The van der Waals surface area contributed by atoms with E-state index >= 15 is 0 Å². The van der Waals surface area contributed by atoms with Crippen molar-refractivity contribution in [2.24, 2.45) is 10.9 Å². The van der Waals surface area contributed by atoms with Crippen molar-refractivity contribution in [1.82, 2.24) is 0 Å². The molecular formula is C34H30FIN2O2. The van der Waals surface area contributed by atoms with Crippen molar-refractivity contribution in [3.63, 3.8) is 0 Å². The van der Waals surface area contributed by atoms with Crippen molar-refractivity contribution >= 4 is 40.2 Å². The molecule has 1 heterocycles. The first kappa shape index (κ1) is 26.6. The molecule has 202 valence electrons. The molecule has 6 heteroatoms. The predicted octanol–water partition coefficient (Wildman–Crippen LogP) is 8.99. The summed E-state index contributed by atoms with van der Waals surface area (Å²) in [6.45, 7) is 2.70. The van der Waals surface area contributed by atoms with Gasteiger partial charge in [0.25, 0.3) is 0 Å². The molecular weight excluding hydrogens is 614 g/mol. The Hall–Kier alpha value is -3.65. The zero-order valence-corrected chi connectivity index (χ0v) is 24.3. The van der Waals surface area contributed by atoms with Crippen LogP contribution in [0.4, 0.5) is 15.8 Å². The normalized spacial score (nSPS) is 19.2. The fraction of sp³-hybridized carbons (Fsp3) is 0.206. The first-order chi connectivity index (χ1) is 19.6. The summed E-state index contributed by atoms with van der Waals surface area (Å²) in [5, 5.41) is 3.79. The van der Waals surface area contributed by atoms with Crippen LogP contribution >= 0.6 is 22.6 Å². The van der Waals surface area contributed by atoms with E-state index in [4.69, 9.17) is 14.5 Å². The van der Waals surface area contributed by atoms with Crippen LogP contribution in [0.3, 0.4) is 0 Å². The number of rotatable bonds is 8. The highest BCUT2D eigenvalue weighted by Gasteiger charge is 2.37. The highest BCUT2D eigenvalue weighted by atomic mass is 127. The third-order valence-corrected chi connectivity index (χ3v) is 8.29. The molecule has 0 unspecified atom stereocenters. The monoisotopic (exact) mass is 644 g/mol. The van der Waals surface area contributed by atoms with E-state index < -0.39 is 0 Å². The quantitative estimate of drug-likeness (QED) is 0.118. The van der Waals surface area contributed by atoms with Crippen LogP contribution in [0, 0.1) is 15.3 Å². The lowest BCUT2D eigenvalue weighted by Gasteiger charge is -2.37. The van der Waals surface area contributed by atoms with Crippen LogP contribution in [0.25, 0.3) is 0 Å². The minimum atomic E-state index is -0.277. The fourth-order valence-corrected chi connectivity index (χ4v) is 6.42. The van der Waals surface area contributed by atoms with Gasteiger partial charge in [-0.1, -0.05) is 54.6 Å². The molecule has 4 aromatic carbocycles. The molecule has 1 N–H and O–H groups in total. The first-order valence-electron chi connectivity index (χ1n) is 13.6. The number of anilines is 1. The predicted molar refractivity (Wildman–Crippen MR) is 168 cm³/mol. The van der Waals surface area contributed by atoms with E-state index in [2.05, 4.69) is 88.6 Å². The Morgan fingerprint density at radius 3 is 2.67 bits per heavy atom. The Morgan fingerprint density at radius 1 is 1.00 bits per heavy atom. The van der Waals surface area contributed by atoms with E-state index in [1.165, 1.54) is 28.9 Å². The number of para-hydroxylation sites is 1. The number of hydrogen-bond donors (Lipinski definition) is 1. The molecule has 0 fully saturated rings. The lowest BCUT2D eigenvalue weighted by Crippen LogP contribution is -2.28. The molecule has 0 radical (unpaired) electrons. The minimum Gasteiger partial charge on any atom is -0.490 e. The summed E-state index contributed by atoms with van der Waals surface area (Å²) in [6.07, 6.45) is 7.62. The standard InChI is InChI=1S/C34H30FIN2O2/c1-2-39-32-19-23(18-30(36)34(32)40-21-22-7-5-8-25(35)17-22)20-37-26-15-13-24(14-16-26)33-29-11-6-10-27(29)28-9-3-4-12-31(28)38-33/h3-10,12-20,27,29,33,38H,2,11,21H2,1H3/t27-,29+,33-/m0/s1. The second-order valence-electron chi connectivity index (χ2n) is 10.1. The molecule has 0 saturated heterocycles. The van der Waals surface area contributed by atoms with Crippen molar-refractivity contribution in [3.05, 3.63) is 129 Å². The third-order valence-electron chi connectivity index (χ3n) is 7.49. The van der Waals surface area contributed by atoms with Crippen LogP contribution in [0.2, 0.25) is 0 Å². The summed E-state index contributed by atoms with van der Waals surface area (Å²) in [7, 11) is 0. The van der Waals surface area contributed by atoms with Gasteiger partial charge in [0, 0.05) is 17.8 Å². The van der Waals surface area contributed by atoms with E-state index in [0.29, 0.717) is 29.9 Å². The van der Waals surface area contributed by atoms with Crippen molar-refractivity contribution < 1.29 is 13.9 Å². The van der Waals surface area contributed by atoms with Crippen LogP contribution in [0.1, 0.15) is 47.6 Å². The van der Waals surface area contributed by atoms with Gasteiger partial charge < -0.3 is 14.8 Å². The summed E-state index contributed by atoms with van der Waals surface area (Å²) >= 11 is 2.24. The number of ether oxygens (including phenoxy) is 2. The Labute approximate surface area is 248 Å². The van der Waals surface area contributed by atoms with Crippen LogP contribution in [-0.2, 0) is 6.61 Å². The SMILES string of the molecule is CCOc1cc(C=Nc2ccc([C@@H]3Nc4ccccc4[C@@H]4C=CC[C@H]43)cc2)cc(I)c1OCc1cccc(F)c1. The van der Waals surface area contributed by atoms with E-state index in [1.54, 1.807) is 6.07 Å². The Morgan fingerprint density at radius 2 is 1.85 bits per heavy atom. The first-order valence-corrected chi connectivity index (χ1v) is 14.7. The number of benzene rings is 4. The molecule has 1 aliphatic heterocycles. The van der Waals surface area contributed by atoms with Crippen molar-refractivity contribution in [1.29, 1.82) is 0 Å². The fourth-order valence-electron chi connectivity index (χ4n) is 5.64. The molecule has 6 rings (SSSR count). The zero-order valence-electron chi connectivity index (χ0n) is 22.2. The molecule has 2 aliphatic rings. The van der Waals surface area contributed by atoms with E-state index in [-0.39, 0.29) is 18.5 Å². The second kappa shape index (κ2) is 11.8. The van der Waals surface area contributed by atoms with Crippen LogP contribution in [-0.4, -0.2) is 12.8 Å². The van der Waals surface area contributed by atoms with Crippen LogP contribution in [0.5, 0.6) is 11.5 Å². The lowest BCUT2D eigenvalue weighted by molar-refractivity contribution is 0.267. The van der Waals surface area contributed by atoms with Gasteiger partial charge >= 0.3 is 0 Å². The van der Waals surface area contributed by atoms with Crippen LogP contribution < -0.4 is 14.8 Å². The number of nitrogens with one attached hydrogen (secondary N) is 1. The maximum atomic E-state index is 13.6. The zero-order chi connectivity index (χ0) is 27.5. The maximum absolute atomic E-state index is 13.6. The van der Waals surface area contributed by atoms with Gasteiger partial charge in [-0.15, -0.1) is 0 Å². The van der Waals surface area contributed by atoms with Gasteiger partial charge in [0.05, 0.1) is 21.9 Å². The Bertz CT molecular complexity index is 1570. The largest absolute Gasteiger partial charge is 0.490 e. The van der Waals surface area contributed by atoms with Crippen molar-refractivity contribution in [2.75, 3.05) is 11.9 Å². The number of allylic oxidation sites excluding steroid dienone is 2. The summed E-state index contributed by atoms with van der Waals surface area (Å²) < 4.78 is 26.4. The maximum Gasteiger partial charge on any atom is 0.175 e. The van der Waals surface area contributed by atoms with Gasteiger partial charge in [-0.05, 0) is 107 Å². The second-order valence-corrected chi connectivity index (χ2v) is 11.3. The van der Waals surface area contributed by atoms with E-state index in [1.807, 2.05) is 31.3 Å². The average molecular weight is 645 g/mol. The highest BCUT2D eigenvalue weighted by molar-refractivity contribution is 14.1. The topological polar surface area (TPSA) is 42.8 Å².